The Balaban J connectivity index is 1.49. The van der Waals surface area contributed by atoms with E-state index in [1.807, 2.05) is 56.3 Å². The number of hydrogen-bond donors (Lipinski definition) is 4. The van der Waals surface area contributed by atoms with Crippen molar-refractivity contribution in [3.8, 4) is 17.1 Å². The lowest BCUT2D eigenvalue weighted by Crippen LogP contribution is -2.35. The molecule has 5 N–H and O–H groups in total. The van der Waals surface area contributed by atoms with Gasteiger partial charge in [-0.05, 0) is 31.9 Å². The van der Waals surface area contributed by atoms with Gasteiger partial charge in [-0.1, -0.05) is 55.9 Å². The average molecular weight is 505 g/mol. The summed E-state index contributed by atoms with van der Waals surface area (Å²) in [6.07, 6.45) is 3.85. The number of likely N-dealkylation sites (tertiary alicyclic amines) is 1. The van der Waals surface area contributed by atoms with Crippen LogP contribution in [0.2, 0.25) is 0 Å². The van der Waals surface area contributed by atoms with Crippen molar-refractivity contribution in [2.24, 2.45) is 11.8 Å². The molecule has 1 saturated heterocycles. The molecule has 4 rings (SSSR count). The Bertz CT molecular complexity index is 1200. The number of aromatic nitrogens is 3. The van der Waals surface area contributed by atoms with Gasteiger partial charge in [0.2, 0.25) is 11.8 Å². The van der Waals surface area contributed by atoms with E-state index in [1.54, 1.807) is 6.07 Å². The summed E-state index contributed by atoms with van der Waals surface area (Å²) in [5.41, 5.74) is 5.98. The lowest BCUT2D eigenvalue weighted by molar-refractivity contribution is 0.110. The highest BCUT2D eigenvalue weighted by Crippen LogP contribution is 2.23. The molecule has 0 spiro atoms. The summed E-state index contributed by atoms with van der Waals surface area (Å²) in [5, 5.41) is 10.6. The predicted molar refractivity (Wildman–Crippen MR) is 145 cm³/mol. The Morgan fingerprint density at radius 3 is 2.68 bits per heavy atom. The Kier molecular flexibility index (Phi) is 8.76. The van der Waals surface area contributed by atoms with E-state index in [9.17, 15) is 0 Å². The van der Waals surface area contributed by atoms with E-state index in [4.69, 9.17) is 15.1 Å². The smallest absolute Gasteiger partial charge is 0.228 e. The number of hydrogen-bond acceptors (Lipinski definition) is 10. The first-order chi connectivity index (χ1) is 17.9. The van der Waals surface area contributed by atoms with Crippen LogP contribution in [-0.4, -0.2) is 46.3 Å². The molecule has 10 nitrogen and oxygen atoms in total. The molecule has 0 atom stereocenters. The number of anilines is 2. The summed E-state index contributed by atoms with van der Waals surface area (Å²) >= 11 is 0. The van der Waals surface area contributed by atoms with Gasteiger partial charge in [0.1, 0.15) is 17.6 Å². The third-order valence-electron chi connectivity index (χ3n) is 6.11. The third kappa shape index (κ3) is 7.55. The van der Waals surface area contributed by atoms with Crippen LogP contribution >= 0.6 is 0 Å². The maximum atomic E-state index is 6.25. The minimum atomic E-state index is 0.103. The number of nitrogens with two attached hydrogens (primary N) is 1. The maximum Gasteiger partial charge on any atom is 0.228 e. The number of nitrogens with zero attached hydrogens (tertiary/aromatic N) is 4. The fraction of sp³-hybridized carbons (Fsp3) is 0.370. The van der Waals surface area contributed by atoms with Gasteiger partial charge in [-0.2, -0.15) is 9.97 Å². The van der Waals surface area contributed by atoms with E-state index in [0.717, 1.165) is 42.9 Å². The van der Waals surface area contributed by atoms with Gasteiger partial charge in [0, 0.05) is 42.2 Å². The van der Waals surface area contributed by atoms with Crippen molar-refractivity contribution < 1.29 is 9.26 Å². The lowest BCUT2D eigenvalue weighted by atomic mass is 10.1. The number of allylic oxidation sites excluding steroid dienone is 2. The zero-order valence-corrected chi connectivity index (χ0v) is 21.7. The van der Waals surface area contributed by atoms with Gasteiger partial charge in [0.15, 0.2) is 5.76 Å². The number of benzene rings is 1. The molecule has 1 aliphatic rings. The van der Waals surface area contributed by atoms with E-state index >= 15 is 0 Å². The zero-order valence-electron chi connectivity index (χ0n) is 21.7. The first-order valence-corrected chi connectivity index (χ1v) is 12.5. The number of piperidine rings is 1. The highest BCUT2D eigenvalue weighted by molar-refractivity contribution is 5.58. The molecule has 0 saturated carbocycles. The van der Waals surface area contributed by atoms with E-state index < -0.39 is 0 Å². The van der Waals surface area contributed by atoms with Crippen LogP contribution in [0.1, 0.15) is 32.4 Å². The quantitative estimate of drug-likeness (QED) is 0.172. The van der Waals surface area contributed by atoms with Crippen molar-refractivity contribution in [3.63, 3.8) is 0 Å². The zero-order chi connectivity index (χ0) is 26.2. The molecule has 10 heteroatoms. The number of hydrazine groups is 1. The molecule has 1 aliphatic heterocycles. The Labute approximate surface area is 218 Å². The standard InChI is InChI=1S/C27H36N8O2/c1-18(2)23(33-28)14-19(3)30-25-16-26(36-21-10-12-35(4)13-11-21)32-27(31-25)29-17-22-15-24(34-37-22)20-8-6-5-7-9-20/h5-9,14-16,18,21,33H,3,10-13,17,28H2,1-2,4H3,(H2,29,30,31,32)/b23-14-. The van der Waals surface area contributed by atoms with Gasteiger partial charge >= 0.3 is 0 Å². The van der Waals surface area contributed by atoms with Crippen LogP contribution < -0.4 is 26.6 Å². The fourth-order valence-corrected chi connectivity index (χ4v) is 3.97. The van der Waals surface area contributed by atoms with Gasteiger partial charge in [0.25, 0.3) is 0 Å². The largest absolute Gasteiger partial charge is 0.474 e. The molecule has 0 bridgehead atoms. The van der Waals surface area contributed by atoms with Crippen LogP contribution in [0.4, 0.5) is 11.8 Å². The summed E-state index contributed by atoms with van der Waals surface area (Å²) in [7, 11) is 2.12. The number of ether oxygens (including phenoxy) is 1. The monoisotopic (exact) mass is 504 g/mol. The minimum absolute atomic E-state index is 0.103. The normalized spacial score (nSPS) is 15.0. The first-order valence-electron chi connectivity index (χ1n) is 12.5. The highest BCUT2D eigenvalue weighted by atomic mass is 16.5. The second kappa shape index (κ2) is 12.4. The van der Waals surface area contributed by atoms with Crippen LogP contribution in [-0.2, 0) is 6.54 Å². The molecule has 196 valence electrons. The Morgan fingerprint density at radius 2 is 1.97 bits per heavy atom. The van der Waals surface area contributed by atoms with Crippen molar-refractivity contribution in [2.45, 2.75) is 39.3 Å². The average Bonchev–Trinajstić information content (AvgIpc) is 3.37. The Morgan fingerprint density at radius 1 is 1.22 bits per heavy atom. The summed E-state index contributed by atoms with van der Waals surface area (Å²) in [6, 6.07) is 13.6. The molecule has 3 aromatic rings. The second-order valence-electron chi connectivity index (χ2n) is 9.48. The van der Waals surface area contributed by atoms with Crippen molar-refractivity contribution in [1.29, 1.82) is 0 Å². The molecular formula is C27H36N8O2. The molecular weight excluding hydrogens is 468 g/mol. The molecule has 3 heterocycles. The van der Waals surface area contributed by atoms with Gasteiger partial charge in [-0.25, -0.2) is 0 Å². The first kappa shape index (κ1) is 26.2. The van der Waals surface area contributed by atoms with Crippen LogP contribution in [0.5, 0.6) is 5.88 Å². The highest BCUT2D eigenvalue weighted by Gasteiger charge is 2.19. The van der Waals surface area contributed by atoms with E-state index in [0.29, 0.717) is 35.6 Å². The van der Waals surface area contributed by atoms with Crippen LogP contribution in [0.15, 0.2) is 71.0 Å². The lowest BCUT2D eigenvalue weighted by Gasteiger charge is -2.29. The predicted octanol–water partition coefficient (Wildman–Crippen LogP) is 4.15. The number of rotatable bonds is 11. The maximum absolute atomic E-state index is 6.25. The van der Waals surface area contributed by atoms with Crippen molar-refractivity contribution >= 4 is 11.8 Å². The molecule has 2 aromatic heterocycles. The summed E-state index contributed by atoms with van der Waals surface area (Å²) in [5.74, 6) is 8.00. The van der Waals surface area contributed by atoms with Crippen molar-refractivity contribution in [2.75, 3.05) is 30.8 Å². The van der Waals surface area contributed by atoms with E-state index in [-0.39, 0.29) is 12.0 Å². The molecule has 0 radical (unpaired) electrons. The third-order valence-corrected chi connectivity index (χ3v) is 6.11. The van der Waals surface area contributed by atoms with Gasteiger partial charge in [-0.15, -0.1) is 0 Å². The van der Waals surface area contributed by atoms with Crippen molar-refractivity contribution in [1.82, 2.24) is 25.5 Å². The Hall–Kier alpha value is -3.89. The van der Waals surface area contributed by atoms with Crippen LogP contribution in [0, 0.1) is 5.92 Å². The summed E-state index contributed by atoms with van der Waals surface area (Å²) < 4.78 is 11.8. The summed E-state index contributed by atoms with van der Waals surface area (Å²) in [6.45, 7) is 10.5. The molecule has 0 unspecified atom stereocenters. The van der Waals surface area contributed by atoms with Gasteiger partial charge < -0.3 is 30.2 Å². The molecule has 0 amide bonds. The fourth-order valence-electron chi connectivity index (χ4n) is 3.97. The van der Waals surface area contributed by atoms with E-state index in [2.05, 4.69) is 49.7 Å². The van der Waals surface area contributed by atoms with Crippen LogP contribution in [0.25, 0.3) is 11.3 Å². The minimum Gasteiger partial charge on any atom is -0.474 e. The molecule has 37 heavy (non-hydrogen) atoms. The SMILES string of the molecule is C=C(/C=C(\NN)C(C)C)Nc1cc(OC2CCN(C)CC2)nc(NCc2cc(-c3ccccc3)no2)n1. The topological polar surface area (TPSA) is 126 Å². The summed E-state index contributed by atoms with van der Waals surface area (Å²) in [4.78, 5) is 11.5. The van der Waals surface area contributed by atoms with Gasteiger partial charge in [0.05, 0.1) is 6.54 Å². The molecule has 1 aromatic carbocycles. The molecule has 0 aliphatic carbocycles. The second-order valence-corrected chi connectivity index (χ2v) is 9.48. The van der Waals surface area contributed by atoms with Gasteiger partial charge in [-0.3, -0.25) is 5.84 Å². The van der Waals surface area contributed by atoms with Crippen molar-refractivity contribution in [3.05, 3.63) is 72.3 Å². The molecule has 1 fully saturated rings. The number of nitrogens with one attached hydrogen (secondary N) is 3. The van der Waals surface area contributed by atoms with E-state index in [1.165, 1.54) is 0 Å². The van der Waals surface area contributed by atoms with Crippen LogP contribution in [0.3, 0.4) is 0 Å².